The molecule has 3 nitrogen and oxygen atoms in total. The molecule has 0 fully saturated rings. The Balaban J connectivity index is 2.12. The van der Waals surface area contributed by atoms with Gasteiger partial charge in [0.25, 0.3) is 0 Å². The molecule has 130 valence electrons. The predicted octanol–water partition coefficient (Wildman–Crippen LogP) is 5.31. The fraction of sp³-hybridized carbons (Fsp3) is 0.650. The number of carbonyl (C=O) groups excluding carboxylic acids is 1. The smallest absolute Gasteiger partial charge is 0.305 e. The van der Waals surface area contributed by atoms with Crippen LogP contribution >= 0.6 is 0 Å². The fourth-order valence-corrected chi connectivity index (χ4v) is 2.50. The molecule has 1 rings (SSSR count). The summed E-state index contributed by atoms with van der Waals surface area (Å²) < 4.78 is 10.5. The van der Waals surface area contributed by atoms with E-state index in [1.165, 1.54) is 44.1 Å². The number of benzene rings is 1. The molecule has 0 unspecified atom stereocenters. The summed E-state index contributed by atoms with van der Waals surface area (Å²) in [4.78, 5) is 11.2. The van der Waals surface area contributed by atoms with Gasteiger partial charge in [0.2, 0.25) is 0 Å². The van der Waals surface area contributed by atoms with Crippen molar-refractivity contribution in [2.75, 3.05) is 13.2 Å². The SMILES string of the molecule is CCCCCCCCc1ccc(OCCCC(=O)OCC)cc1. The Morgan fingerprint density at radius 2 is 1.61 bits per heavy atom. The lowest BCUT2D eigenvalue weighted by Crippen LogP contribution is -2.06. The highest BCUT2D eigenvalue weighted by atomic mass is 16.5. The minimum absolute atomic E-state index is 0.148. The number of unbranched alkanes of at least 4 members (excludes halogenated alkanes) is 5. The van der Waals surface area contributed by atoms with Crippen LogP contribution in [0.25, 0.3) is 0 Å². The van der Waals surface area contributed by atoms with Gasteiger partial charge in [0.1, 0.15) is 5.75 Å². The Morgan fingerprint density at radius 3 is 2.30 bits per heavy atom. The summed E-state index contributed by atoms with van der Waals surface area (Å²) in [5.74, 6) is 0.728. The first-order valence-electron chi connectivity index (χ1n) is 9.13. The highest BCUT2D eigenvalue weighted by molar-refractivity contribution is 5.69. The zero-order chi connectivity index (χ0) is 16.8. The summed E-state index contributed by atoms with van der Waals surface area (Å²) in [6, 6.07) is 8.34. The molecule has 0 bridgehead atoms. The Labute approximate surface area is 141 Å². The van der Waals surface area contributed by atoms with Crippen molar-refractivity contribution in [3.8, 4) is 5.75 Å². The Bertz CT molecular complexity index is 411. The largest absolute Gasteiger partial charge is 0.494 e. The fourth-order valence-electron chi connectivity index (χ4n) is 2.50. The number of aryl methyl sites for hydroxylation is 1. The maximum atomic E-state index is 11.2. The molecule has 0 aliphatic heterocycles. The standard InChI is InChI=1S/C20H32O3/c1-3-5-6-7-8-9-11-18-13-15-19(16-14-18)23-17-10-12-20(21)22-4-2/h13-16H,3-12,17H2,1-2H3. The maximum absolute atomic E-state index is 11.2. The summed E-state index contributed by atoms with van der Waals surface area (Å²) in [5, 5.41) is 0. The van der Waals surface area contributed by atoms with Crippen molar-refractivity contribution in [3.05, 3.63) is 29.8 Å². The zero-order valence-corrected chi connectivity index (χ0v) is 14.8. The summed E-state index contributed by atoms with van der Waals surface area (Å²) in [7, 11) is 0. The second-order valence-corrected chi connectivity index (χ2v) is 5.92. The van der Waals surface area contributed by atoms with Crippen LogP contribution in [-0.2, 0) is 16.0 Å². The summed E-state index contributed by atoms with van der Waals surface area (Å²) in [5.41, 5.74) is 1.37. The van der Waals surface area contributed by atoms with Crippen LogP contribution in [0.2, 0.25) is 0 Å². The van der Waals surface area contributed by atoms with Gasteiger partial charge in [0.15, 0.2) is 0 Å². The molecule has 0 N–H and O–H groups in total. The van der Waals surface area contributed by atoms with Crippen LogP contribution in [0.15, 0.2) is 24.3 Å². The van der Waals surface area contributed by atoms with Gasteiger partial charge in [0.05, 0.1) is 13.2 Å². The van der Waals surface area contributed by atoms with Crippen molar-refractivity contribution in [3.63, 3.8) is 0 Å². The third kappa shape index (κ3) is 9.98. The summed E-state index contributed by atoms with van der Waals surface area (Å²) in [6.07, 6.45) is 10.3. The number of esters is 1. The van der Waals surface area contributed by atoms with Gasteiger partial charge in [-0.15, -0.1) is 0 Å². The Hall–Kier alpha value is -1.51. The van der Waals surface area contributed by atoms with Crippen molar-refractivity contribution in [2.45, 2.75) is 71.6 Å². The van der Waals surface area contributed by atoms with E-state index in [9.17, 15) is 4.79 Å². The molecular weight excluding hydrogens is 288 g/mol. The second-order valence-electron chi connectivity index (χ2n) is 5.92. The molecule has 1 aromatic carbocycles. The molecule has 3 heteroatoms. The number of carbonyl (C=O) groups is 1. The van der Waals surface area contributed by atoms with Gasteiger partial charge in [-0.25, -0.2) is 0 Å². The quantitative estimate of drug-likeness (QED) is 0.365. The van der Waals surface area contributed by atoms with Crippen LogP contribution < -0.4 is 4.74 Å². The van der Waals surface area contributed by atoms with Crippen molar-refractivity contribution in [1.82, 2.24) is 0 Å². The highest BCUT2D eigenvalue weighted by Crippen LogP contribution is 2.15. The highest BCUT2D eigenvalue weighted by Gasteiger charge is 2.02. The van der Waals surface area contributed by atoms with Crippen LogP contribution in [0.4, 0.5) is 0 Å². The van der Waals surface area contributed by atoms with Crippen LogP contribution in [-0.4, -0.2) is 19.2 Å². The van der Waals surface area contributed by atoms with Crippen molar-refractivity contribution >= 4 is 5.97 Å². The molecule has 0 radical (unpaired) electrons. The molecule has 0 spiro atoms. The van der Waals surface area contributed by atoms with E-state index in [1.807, 2.05) is 19.1 Å². The van der Waals surface area contributed by atoms with Crippen molar-refractivity contribution < 1.29 is 14.3 Å². The van der Waals surface area contributed by atoms with Gasteiger partial charge >= 0.3 is 5.97 Å². The minimum atomic E-state index is -0.148. The van der Waals surface area contributed by atoms with E-state index in [0.717, 1.165) is 12.2 Å². The van der Waals surface area contributed by atoms with E-state index in [2.05, 4.69) is 19.1 Å². The monoisotopic (exact) mass is 320 g/mol. The first kappa shape index (κ1) is 19.5. The van der Waals surface area contributed by atoms with Crippen LogP contribution in [0.5, 0.6) is 5.75 Å². The van der Waals surface area contributed by atoms with E-state index in [-0.39, 0.29) is 5.97 Å². The van der Waals surface area contributed by atoms with Gasteiger partial charge in [-0.1, -0.05) is 51.2 Å². The van der Waals surface area contributed by atoms with E-state index < -0.39 is 0 Å². The lowest BCUT2D eigenvalue weighted by molar-refractivity contribution is -0.143. The zero-order valence-electron chi connectivity index (χ0n) is 14.8. The first-order valence-corrected chi connectivity index (χ1v) is 9.13. The third-order valence-electron chi connectivity index (χ3n) is 3.84. The van der Waals surface area contributed by atoms with Gasteiger partial charge in [-0.05, 0) is 43.9 Å². The first-order chi connectivity index (χ1) is 11.3. The Morgan fingerprint density at radius 1 is 0.913 bits per heavy atom. The predicted molar refractivity (Wildman–Crippen MR) is 94.9 cm³/mol. The third-order valence-corrected chi connectivity index (χ3v) is 3.84. The molecule has 0 atom stereocenters. The van der Waals surface area contributed by atoms with Crippen molar-refractivity contribution in [1.29, 1.82) is 0 Å². The normalized spacial score (nSPS) is 10.5. The van der Waals surface area contributed by atoms with E-state index in [0.29, 0.717) is 26.1 Å². The topological polar surface area (TPSA) is 35.5 Å². The molecule has 0 aromatic heterocycles. The minimum Gasteiger partial charge on any atom is -0.494 e. The van der Waals surface area contributed by atoms with Gasteiger partial charge in [-0.3, -0.25) is 4.79 Å². The Kier molecular flexibility index (Phi) is 11.0. The van der Waals surface area contributed by atoms with Crippen molar-refractivity contribution in [2.24, 2.45) is 0 Å². The molecule has 1 aromatic rings. The van der Waals surface area contributed by atoms with E-state index >= 15 is 0 Å². The van der Waals surface area contributed by atoms with Crippen LogP contribution in [0.1, 0.15) is 70.8 Å². The molecular formula is C20H32O3. The number of rotatable bonds is 13. The number of hydrogen-bond acceptors (Lipinski definition) is 3. The molecule has 0 amide bonds. The molecule has 0 aliphatic rings. The van der Waals surface area contributed by atoms with E-state index in [1.54, 1.807) is 0 Å². The lowest BCUT2D eigenvalue weighted by Gasteiger charge is -2.07. The van der Waals surface area contributed by atoms with Crippen LogP contribution in [0, 0.1) is 0 Å². The van der Waals surface area contributed by atoms with Gasteiger partial charge < -0.3 is 9.47 Å². The second kappa shape index (κ2) is 13.0. The molecule has 0 saturated carbocycles. The van der Waals surface area contributed by atoms with E-state index in [4.69, 9.17) is 9.47 Å². The number of ether oxygens (including phenoxy) is 2. The maximum Gasteiger partial charge on any atom is 0.305 e. The average Bonchev–Trinajstić information content (AvgIpc) is 2.56. The summed E-state index contributed by atoms with van der Waals surface area (Å²) >= 11 is 0. The van der Waals surface area contributed by atoms with Crippen LogP contribution in [0.3, 0.4) is 0 Å². The molecule has 0 saturated heterocycles. The summed E-state index contributed by atoms with van der Waals surface area (Å²) in [6.45, 7) is 5.07. The van der Waals surface area contributed by atoms with Gasteiger partial charge in [0, 0.05) is 6.42 Å². The number of hydrogen-bond donors (Lipinski definition) is 0. The lowest BCUT2D eigenvalue weighted by atomic mass is 10.0. The van der Waals surface area contributed by atoms with Gasteiger partial charge in [-0.2, -0.15) is 0 Å². The molecule has 0 heterocycles. The molecule has 0 aliphatic carbocycles. The molecule has 23 heavy (non-hydrogen) atoms. The average molecular weight is 320 g/mol.